The number of hydrogen-bond acceptors (Lipinski definition) is 4. The SMILES string of the molecule is Nc1ccc([C@@H]2NC(=O)c3cccnc3N2)cc1. The van der Waals surface area contributed by atoms with Crippen LogP contribution in [0.2, 0.25) is 0 Å². The largest absolute Gasteiger partial charge is 0.399 e. The minimum absolute atomic E-state index is 0.126. The van der Waals surface area contributed by atoms with E-state index in [0.717, 1.165) is 5.56 Å². The summed E-state index contributed by atoms with van der Waals surface area (Å²) in [4.78, 5) is 16.1. The van der Waals surface area contributed by atoms with E-state index in [9.17, 15) is 4.79 Å². The Balaban J connectivity index is 1.94. The van der Waals surface area contributed by atoms with Crippen LogP contribution in [0.4, 0.5) is 11.5 Å². The molecule has 1 aromatic carbocycles. The lowest BCUT2D eigenvalue weighted by molar-refractivity contribution is 0.0935. The summed E-state index contributed by atoms with van der Waals surface area (Å²) >= 11 is 0. The van der Waals surface area contributed by atoms with Crippen molar-refractivity contribution in [2.75, 3.05) is 11.1 Å². The first-order chi connectivity index (χ1) is 8.74. The molecular weight excluding hydrogens is 228 g/mol. The number of benzene rings is 1. The molecule has 1 amide bonds. The van der Waals surface area contributed by atoms with Gasteiger partial charge in [-0.2, -0.15) is 0 Å². The van der Waals surface area contributed by atoms with Gasteiger partial charge in [0, 0.05) is 11.9 Å². The summed E-state index contributed by atoms with van der Waals surface area (Å²) in [6.45, 7) is 0. The Morgan fingerprint density at radius 1 is 1.11 bits per heavy atom. The molecule has 90 valence electrons. The number of fused-ring (bicyclic) bond motifs is 1. The smallest absolute Gasteiger partial charge is 0.256 e. The normalized spacial score (nSPS) is 17.6. The van der Waals surface area contributed by atoms with E-state index in [4.69, 9.17) is 5.73 Å². The highest BCUT2D eigenvalue weighted by atomic mass is 16.2. The standard InChI is InChI=1S/C13H12N4O/c14-9-5-3-8(4-6-9)11-16-12-10(13(18)17-11)2-1-7-15-12/h1-7,11H,14H2,(H,15,16)(H,17,18)/t11-/m0/s1. The molecule has 0 bridgehead atoms. The van der Waals surface area contributed by atoms with Crippen LogP contribution in [0.15, 0.2) is 42.6 Å². The Kier molecular flexibility index (Phi) is 2.37. The number of nitrogens with zero attached hydrogens (tertiary/aromatic N) is 1. The number of anilines is 2. The lowest BCUT2D eigenvalue weighted by Gasteiger charge is -2.27. The summed E-state index contributed by atoms with van der Waals surface area (Å²) in [5.41, 5.74) is 7.83. The number of nitrogen functional groups attached to an aromatic ring is 1. The third kappa shape index (κ3) is 1.75. The molecule has 0 spiro atoms. The number of nitrogens with one attached hydrogen (secondary N) is 2. The molecule has 5 heteroatoms. The van der Waals surface area contributed by atoms with Crippen LogP contribution >= 0.6 is 0 Å². The Bertz CT molecular complexity index is 594. The maximum atomic E-state index is 11.9. The molecule has 4 N–H and O–H groups in total. The molecule has 18 heavy (non-hydrogen) atoms. The molecule has 5 nitrogen and oxygen atoms in total. The minimum Gasteiger partial charge on any atom is -0.399 e. The predicted molar refractivity (Wildman–Crippen MR) is 68.9 cm³/mol. The van der Waals surface area contributed by atoms with Gasteiger partial charge < -0.3 is 16.4 Å². The quantitative estimate of drug-likeness (QED) is 0.660. The van der Waals surface area contributed by atoms with Gasteiger partial charge >= 0.3 is 0 Å². The van der Waals surface area contributed by atoms with Gasteiger partial charge in [-0.25, -0.2) is 4.98 Å². The van der Waals surface area contributed by atoms with Crippen molar-refractivity contribution < 1.29 is 4.79 Å². The predicted octanol–water partition coefficient (Wildman–Crippen LogP) is 1.52. The minimum atomic E-state index is -0.277. The third-order valence-electron chi connectivity index (χ3n) is 2.88. The van der Waals surface area contributed by atoms with Crippen LogP contribution in [0.25, 0.3) is 0 Å². The maximum Gasteiger partial charge on any atom is 0.256 e. The molecule has 2 aromatic rings. The van der Waals surface area contributed by atoms with E-state index in [0.29, 0.717) is 17.1 Å². The number of pyridine rings is 1. The summed E-state index contributed by atoms with van der Waals surface area (Å²) in [6.07, 6.45) is 1.38. The van der Waals surface area contributed by atoms with Gasteiger partial charge in [-0.1, -0.05) is 12.1 Å². The zero-order valence-corrected chi connectivity index (χ0v) is 9.55. The van der Waals surface area contributed by atoms with Gasteiger partial charge in [-0.15, -0.1) is 0 Å². The summed E-state index contributed by atoms with van der Waals surface area (Å²) < 4.78 is 0. The van der Waals surface area contributed by atoms with E-state index in [1.807, 2.05) is 12.1 Å². The van der Waals surface area contributed by atoms with Gasteiger partial charge in [0.25, 0.3) is 5.91 Å². The fraction of sp³-hybridized carbons (Fsp3) is 0.0769. The Morgan fingerprint density at radius 2 is 1.89 bits per heavy atom. The zero-order valence-electron chi connectivity index (χ0n) is 9.55. The molecule has 0 saturated carbocycles. The zero-order chi connectivity index (χ0) is 12.5. The van der Waals surface area contributed by atoms with Crippen molar-refractivity contribution in [3.63, 3.8) is 0 Å². The first-order valence-electron chi connectivity index (χ1n) is 5.62. The van der Waals surface area contributed by atoms with Crippen LogP contribution in [0.5, 0.6) is 0 Å². The van der Waals surface area contributed by atoms with Gasteiger partial charge in [-0.05, 0) is 29.8 Å². The average Bonchev–Trinajstić information content (AvgIpc) is 2.39. The molecule has 1 aromatic heterocycles. The second-order valence-electron chi connectivity index (χ2n) is 4.12. The number of carbonyl (C=O) groups excluding carboxylic acids is 1. The molecule has 1 aliphatic heterocycles. The molecule has 0 saturated heterocycles. The Morgan fingerprint density at radius 3 is 2.67 bits per heavy atom. The van der Waals surface area contributed by atoms with Gasteiger partial charge in [0.05, 0.1) is 5.56 Å². The fourth-order valence-electron chi connectivity index (χ4n) is 1.94. The maximum absolute atomic E-state index is 11.9. The summed E-state index contributed by atoms with van der Waals surface area (Å²) in [6, 6.07) is 10.8. The molecular formula is C13H12N4O. The first kappa shape index (κ1) is 10.6. The van der Waals surface area contributed by atoms with Crippen LogP contribution in [-0.4, -0.2) is 10.9 Å². The van der Waals surface area contributed by atoms with E-state index in [2.05, 4.69) is 15.6 Å². The number of amides is 1. The summed E-state index contributed by atoms with van der Waals surface area (Å²) in [5, 5.41) is 6.06. The Labute approximate surface area is 104 Å². The summed E-state index contributed by atoms with van der Waals surface area (Å²) in [7, 11) is 0. The number of aromatic nitrogens is 1. The second-order valence-corrected chi connectivity index (χ2v) is 4.12. The number of rotatable bonds is 1. The highest BCUT2D eigenvalue weighted by molar-refractivity contribution is 6.00. The molecule has 0 fully saturated rings. The van der Waals surface area contributed by atoms with Crippen molar-refractivity contribution in [2.45, 2.75) is 6.17 Å². The van der Waals surface area contributed by atoms with Crippen LogP contribution < -0.4 is 16.4 Å². The molecule has 0 aliphatic carbocycles. The molecule has 0 radical (unpaired) electrons. The van der Waals surface area contributed by atoms with Crippen molar-refractivity contribution in [1.82, 2.24) is 10.3 Å². The van der Waals surface area contributed by atoms with E-state index >= 15 is 0 Å². The van der Waals surface area contributed by atoms with Gasteiger partial charge in [-0.3, -0.25) is 4.79 Å². The van der Waals surface area contributed by atoms with Crippen LogP contribution in [0.3, 0.4) is 0 Å². The van der Waals surface area contributed by atoms with Crippen LogP contribution in [-0.2, 0) is 0 Å². The monoisotopic (exact) mass is 240 g/mol. The van der Waals surface area contributed by atoms with E-state index < -0.39 is 0 Å². The van der Waals surface area contributed by atoms with Crippen molar-refractivity contribution in [3.05, 3.63) is 53.7 Å². The number of carbonyl (C=O) groups is 1. The highest BCUT2D eigenvalue weighted by Crippen LogP contribution is 2.24. The lowest BCUT2D eigenvalue weighted by atomic mass is 10.1. The van der Waals surface area contributed by atoms with Gasteiger partial charge in [0.15, 0.2) is 0 Å². The Hall–Kier alpha value is -2.56. The second kappa shape index (κ2) is 4.03. The lowest BCUT2D eigenvalue weighted by Crippen LogP contribution is -2.38. The molecule has 1 atom stereocenters. The van der Waals surface area contributed by atoms with E-state index in [1.165, 1.54) is 0 Å². The van der Waals surface area contributed by atoms with Crippen LogP contribution in [0.1, 0.15) is 22.1 Å². The van der Waals surface area contributed by atoms with Crippen molar-refractivity contribution >= 4 is 17.4 Å². The molecule has 3 rings (SSSR count). The highest BCUT2D eigenvalue weighted by Gasteiger charge is 2.24. The topological polar surface area (TPSA) is 80.0 Å². The number of nitrogens with two attached hydrogens (primary N) is 1. The van der Waals surface area contributed by atoms with Crippen molar-refractivity contribution in [3.8, 4) is 0 Å². The van der Waals surface area contributed by atoms with Gasteiger partial charge in [0.2, 0.25) is 0 Å². The summed E-state index contributed by atoms with van der Waals surface area (Å²) in [5.74, 6) is 0.474. The van der Waals surface area contributed by atoms with Crippen molar-refractivity contribution in [2.24, 2.45) is 0 Å². The van der Waals surface area contributed by atoms with E-state index in [-0.39, 0.29) is 12.1 Å². The molecule has 2 heterocycles. The van der Waals surface area contributed by atoms with Crippen LogP contribution in [0, 0.1) is 0 Å². The van der Waals surface area contributed by atoms with E-state index in [1.54, 1.807) is 30.5 Å². The first-order valence-corrected chi connectivity index (χ1v) is 5.62. The molecule has 0 unspecified atom stereocenters. The average molecular weight is 240 g/mol. The van der Waals surface area contributed by atoms with Crippen molar-refractivity contribution in [1.29, 1.82) is 0 Å². The van der Waals surface area contributed by atoms with Gasteiger partial charge in [0.1, 0.15) is 12.0 Å². The molecule has 1 aliphatic rings. The number of hydrogen-bond donors (Lipinski definition) is 3. The fourth-order valence-corrected chi connectivity index (χ4v) is 1.94. The third-order valence-corrected chi connectivity index (χ3v) is 2.88.